The fourth-order valence-corrected chi connectivity index (χ4v) is 3.48. The Morgan fingerprint density at radius 1 is 1.15 bits per heavy atom. The van der Waals surface area contributed by atoms with Crippen molar-refractivity contribution in [2.45, 2.75) is 19.9 Å². The van der Waals surface area contributed by atoms with E-state index in [0.29, 0.717) is 25.2 Å². The lowest BCUT2D eigenvalue weighted by atomic mass is 10.1. The lowest BCUT2D eigenvalue weighted by Crippen LogP contribution is -2.49. The number of hydrogen-bond acceptors (Lipinski definition) is 4. The van der Waals surface area contributed by atoms with Crippen LogP contribution in [0.15, 0.2) is 53.5 Å². The summed E-state index contributed by atoms with van der Waals surface area (Å²) < 4.78 is 5.41. The van der Waals surface area contributed by atoms with Gasteiger partial charge < -0.3 is 25.6 Å². The van der Waals surface area contributed by atoms with E-state index in [-0.39, 0.29) is 42.3 Å². The second-order valence-corrected chi connectivity index (χ2v) is 7.46. The number of amides is 2. The van der Waals surface area contributed by atoms with Crippen LogP contribution in [0.1, 0.15) is 28.4 Å². The number of aliphatic imine (C=N–C) groups is 1. The van der Waals surface area contributed by atoms with Crippen LogP contribution in [-0.2, 0) is 17.8 Å². The van der Waals surface area contributed by atoms with Gasteiger partial charge in [-0.1, -0.05) is 30.3 Å². The van der Waals surface area contributed by atoms with Gasteiger partial charge in [-0.3, -0.25) is 9.59 Å². The zero-order valence-electron chi connectivity index (χ0n) is 19.1. The second-order valence-electron chi connectivity index (χ2n) is 7.46. The molecule has 8 nitrogen and oxygen atoms in total. The van der Waals surface area contributed by atoms with Gasteiger partial charge in [0.2, 0.25) is 5.91 Å². The number of rotatable bonds is 8. The summed E-state index contributed by atoms with van der Waals surface area (Å²) in [5, 5.41) is 9.33. The Bertz CT molecular complexity index is 949. The van der Waals surface area contributed by atoms with Crippen LogP contribution in [0.4, 0.5) is 0 Å². The van der Waals surface area contributed by atoms with Crippen molar-refractivity contribution in [2.75, 3.05) is 39.8 Å². The van der Waals surface area contributed by atoms with Crippen molar-refractivity contribution < 1.29 is 14.3 Å². The van der Waals surface area contributed by atoms with Gasteiger partial charge in [-0.15, -0.1) is 24.0 Å². The second kappa shape index (κ2) is 13.7. The van der Waals surface area contributed by atoms with Crippen molar-refractivity contribution in [1.82, 2.24) is 20.9 Å². The third kappa shape index (κ3) is 7.92. The molecule has 3 rings (SSSR count). The first-order valence-electron chi connectivity index (χ1n) is 10.9. The monoisotopic (exact) mass is 565 g/mol. The predicted molar refractivity (Wildman–Crippen MR) is 140 cm³/mol. The summed E-state index contributed by atoms with van der Waals surface area (Å²) in [5.41, 5.74) is 2.72. The van der Waals surface area contributed by atoms with Gasteiger partial charge in [0.05, 0.1) is 20.2 Å². The molecular formula is C24H32IN5O3. The quantitative estimate of drug-likeness (QED) is 0.259. The molecule has 0 saturated carbocycles. The molecule has 1 fully saturated rings. The summed E-state index contributed by atoms with van der Waals surface area (Å²) in [6, 6.07) is 15.4. The molecule has 1 aliphatic heterocycles. The topological polar surface area (TPSA) is 95.1 Å². The lowest BCUT2D eigenvalue weighted by Gasteiger charge is -2.26. The molecule has 9 heteroatoms. The summed E-state index contributed by atoms with van der Waals surface area (Å²) in [5.74, 6) is 1.38. The van der Waals surface area contributed by atoms with Crippen LogP contribution in [0.2, 0.25) is 0 Å². The van der Waals surface area contributed by atoms with Gasteiger partial charge in [-0.2, -0.15) is 0 Å². The van der Waals surface area contributed by atoms with E-state index >= 15 is 0 Å². The van der Waals surface area contributed by atoms with E-state index < -0.39 is 0 Å². The van der Waals surface area contributed by atoms with E-state index in [0.717, 1.165) is 42.3 Å². The van der Waals surface area contributed by atoms with Crippen molar-refractivity contribution >= 4 is 41.8 Å². The number of benzene rings is 2. The predicted octanol–water partition coefficient (Wildman–Crippen LogP) is 2.18. The largest absolute Gasteiger partial charge is 0.496 e. The molecule has 0 spiro atoms. The van der Waals surface area contributed by atoms with Gasteiger partial charge in [-0.05, 0) is 42.7 Å². The number of halogens is 1. The molecule has 178 valence electrons. The van der Waals surface area contributed by atoms with Crippen LogP contribution in [0.3, 0.4) is 0 Å². The minimum absolute atomic E-state index is 0. The Balaban J connectivity index is 0.00000385. The molecule has 0 radical (unpaired) electrons. The Kier molecular flexibility index (Phi) is 10.9. The fourth-order valence-electron chi connectivity index (χ4n) is 3.48. The summed E-state index contributed by atoms with van der Waals surface area (Å²) >= 11 is 0. The van der Waals surface area contributed by atoms with E-state index in [1.165, 1.54) is 0 Å². The zero-order chi connectivity index (χ0) is 22.8. The number of guanidine groups is 1. The van der Waals surface area contributed by atoms with Crippen molar-refractivity contribution in [3.63, 3.8) is 0 Å². The number of para-hydroxylation sites is 1. The van der Waals surface area contributed by atoms with E-state index in [4.69, 9.17) is 4.74 Å². The summed E-state index contributed by atoms with van der Waals surface area (Å²) in [6.45, 7) is 5.14. The van der Waals surface area contributed by atoms with Crippen LogP contribution in [0.5, 0.6) is 5.75 Å². The lowest BCUT2D eigenvalue weighted by molar-refractivity contribution is -0.123. The van der Waals surface area contributed by atoms with E-state index in [1.54, 1.807) is 24.1 Å². The molecule has 0 unspecified atom stereocenters. The van der Waals surface area contributed by atoms with Crippen molar-refractivity contribution in [2.24, 2.45) is 4.99 Å². The number of nitrogens with one attached hydrogen (secondary N) is 3. The van der Waals surface area contributed by atoms with Crippen LogP contribution in [-0.4, -0.2) is 62.5 Å². The number of piperazine rings is 1. The number of hydrogen-bond donors (Lipinski definition) is 3. The molecule has 3 N–H and O–H groups in total. The minimum Gasteiger partial charge on any atom is -0.496 e. The Labute approximate surface area is 212 Å². The molecule has 0 bridgehead atoms. The first kappa shape index (κ1) is 26.4. The standard InChI is InChI=1S/C24H31N5O3.HI/c1-3-25-24(27-13-12-19-6-4-5-7-21(19)32-2)28-16-18-8-10-20(11-9-18)23(31)29-15-14-26-22(30)17-29;/h4-11H,3,12-17H2,1-2H3,(H,26,30)(H2,25,27,28);1H. The van der Waals surface area contributed by atoms with E-state index in [2.05, 4.69) is 27.0 Å². The molecule has 33 heavy (non-hydrogen) atoms. The molecule has 1 aliphatic rings. The Morgan fingerprint density at radius 2 is 1.91 bits per heavy atom. The average molecular weight is 565 g/mol. The third-order valence-corrected chi connectivity index (χ3v) is 5.17. The molecule has 0 aromatic heterocycles. The zero-order valence-corrected chi connectivity index (χ0v) is 21.4. The van der Waals surface area contributed by atoms with Gasteiger partial charge in [-0.25, -0.2) is 4.99 Å². The number of ether oxygens (including phenoxy) is 1. The van der Waals surface area contributed by atoms with Gasteiger partial charge in [0, 0.05) is 31.7 Å². The summed E-state index contributed by atoms with van der Waals surface area (Å²) in [7, 11) is 1.68. The Morgan fingerprint density at radius 3 is 2.61 bits per heavy atom. The average Bonchev–Trinajstić information content (AvgIpc) is 2.82. The molecular weight excluding hydrogens is 533 g/mol. The van der Waals surface area contributed by atoms with E-state index in [1.807, 2.05) is 37.3 Å². The molecule has 1 saturated heterocycles. The van der Waals surface area contributed by atoms with Gasteiger partial charge >= 0.3 is 0 Å². The van der Waals surface area contributed by atoms with Gasteiger partial charge in [0.1, 0.15) is 5.75 Å². The van der Waals surface area contributed by atoms with Crippen LogP contribution >= 0.6 is 24.0 Å². The number of methoxy groups -OCH3 is 1. The molecule has 2 aromatic rings. The molecule has 0 atom stereocenters. The number of carbonyl (C=O) groups is 2. The van der Waals surface area contributed by atoms with Crippen LogP contribution in [0, 0.1) is 0 Å². The fraction of sp³-hybridized carbons (Fsp3) is 0.375. The SMILES string of the molecule is CCNC(=NCc1ccc(C(=O)N2CCNC(=O)C2)cc1)NCCc1ccccc1OC.I. The number of carbonyl (C=O) groups excluding carboxylic acids is 2. The summed E-state index contributed by atoms with van der Waals surface area (Å²) in [4.78, 5) is 30.3. The molecule has 2 aromatic carbocycles. The first-order valence-corrected chi connectivity index (χ1v) is 10.9. The van der Waals surface area contributed by atoms with Gasteiger partial charge in [0.25, 0.3) is 5.91 Å². The maximum Gasteiger partial charge on any atom is 0.254 e. The van der Waals surface area contributed by atoms with Crippen LogP contribution < -0.4 is 20.7 Å². The highest BCUT2D eigenvalue weighted by Gasteiger charge is 2.22. The minimum atomic E-state index is -0.124. The maximum absolute atomic E-state index is 12.6. The highest BCUT2D eigenvalue weighted by molar-refractivity contribution is 14.0. The van der Waals surface area contributed by atoms with E-state index in [9.17, 15) is 9.59 Å². The molecule has 2 amide bonds. The first-order chi connectivity index (χ1) is 15.6. The molecule has 0 aliphatic carbocycles. The van der Waals surface area contributed by atoms with Crippen molar-refractivity contribution in [3.8, 4) is 5.75 Å². The highest BCUT2D eigenvalue weighted by atomic mass is 127. The van der Waals surface area contributed by atoms with Crippen molar-refractivity contribution in [1.29, 1.82) is 0 Å². The number of nitrogens with zero attached hydrogens (tertiary/aromatic N) is 2. The molecule has 1 heterocycles. The van der Waals surface area contributed by atoms with Crippen molar-refractivity contribution in [3.05, 3.63) is 65.2 Å². The Hall–Kier alpha value is -2.82. The smallest absolute Gasteiger partial charge is 0.254 e. The highest BCUT2D eigenvalue weighted by Crippen LogP contribution is 2.17. The third-order valence-electron chi connectivity index (χ3n) is 5.17. The summed E-state index contributed by atoms with van der Waals surface area (Å²) in [6.07, 6.45) is 0.819. The normalized spacial score (nSPS) is 13.6. The van der Waals surface area contributed by atoms with Gasteiger partial charge in [0.15, 0.2) is 5.96 Å². The maximum atomic E-state index is 12.6. The van der Waals surface area contributed by atoms with Crippen LogP contribution in [0.25, 0.3) is 0 Å².